The summed E-state index contributed by atoms with van der Waals surface area (Å²) >= 11 is 0. The van der Waals surface area contributed by atoms with E-state index in [1.54, 1.807) is 6.20 Å². The van der Waals surface area contributed by atoms with Crippen molar-refractivity contribution in [3.05, 3.63) is 35.5 Å². The number of piperazine rings is 1. The van der Waals surface area contributed by atoms with Crippen LogP contribution in [0.25, 0.3) is 11.4 Å². The maximum Gasteiger partial charge on any atom is 0.184 e. The summed E-state index contributed by atoms with van der Waals surface area (Å²) in [5, 5.41) is 11.7. The number of aromatic nitrogens is 3. The fourth-order valence-corrected chi connectivity index (χ4v) is 2.52. The molecule has 1 fully saturated rings. The predicted molar refractivity (Wildman–Crippen MR) is 79.8 cm³/mol. The Bertz CT molecular complexity index is 605. The van der Waals surface area contributed by atoms with Crippen LogP contribution in [-0.2, 0) is 0 Å². The first-order valence-corrected chi connectivity index (χ1v) is 6.97. The topological polar surface area (TPSA) is 53.9 Å². The maximum absolute atomic E-state index is 4.68. The minimum Gasteiger partial charge on any atom is -0.353 e. The van der Waals surface area contributed by atoms with Crippen molar-refractivity contribution in [2.24, 2.45) is 0 Å². The van der Waals surface area contributed by atoms with Gasteiger partial charge < -0.3 is 10.2 Å². The molecule has 1 N–H and O–H groups in total. The van der Waals surface area contributed by atoms with Crippen LogP contribution in [0.3, 0.4) is 0 Å². The molecule has 1 saturated heterocycles. The van der Waals surface area contributed by atoms with Gasteiger partial charge in [0.15, 0.2) is 11.6 Å². The lowest BCUT2D eigenvalue weighted by atomic mass is 10.1. The van der Waals surface area contributed by atoms with Crippen molar-refractivity contribution >= 4 is 5.82 Å². The summed E-state index contributed by atoms with van der Waals surface area (Å²) in [7, 11) is 0. The number of nitrogens with zero attached hydrogens (tertiary/aromatic N) is 4. The normalized spacial score (nSPS) is 15.4. The summed E-state index contributed by atoms with van der Waals surface area (Å²) < 4.78 is 0. The van der Waals surface area contributed by atoms with E-state index in [0.717, 1.165) is 37.6 Å². The van der Waals surface area contributed by atoms with Crippen LogP contribution >= 0.6 is 0 Å². The Hall–Kier alpha value is -2.01. The van der Waals surface area contributed by atoms with E-state index in [4.69, 9.17) is 0 Å². The van der Waals surface area contributed by atoms with Gasteiger partial charge in [-0.05, 0) is 19.4 Å². The third kappa shape index (κ3) is 2.63. The van der Waals surface area contributed by atoms with E-state index in [0.29, 0.717) is 5.82 Å². The van der Waals surface area contributed by atoms with Crippen LogP contribution in [0.4, 0.5) is 5.82 Å². The lowest BCUT2D eigenvalue weighted by Gasteiger charge is -2.28. The first-order chi connectivity index (χ1) is 9.74. The molecule has 1 aliphatic heterocycles. The van der Waals surface area contributed by atoms with Gasteiger partial charge in [-0.15, -0.1) is 5.10 Å². The summed E-state index contributed by atoms with van der Waals surface area (Å²) in [4.78, 5) is 6.93. The van der Waals surface area contributed by atoms with Gasteiger partial charge in [0.1, 0.15) is 0 Å². The van der Waals surface area contributed by atoms with Crippen LogP contribution in [0.2, 0.25) is 0 Å². The SMILES string of the molecule is Cc1ccc(-c2nncc(N3CCNCC3)n2)c(C)c1. The third-order valence-electron chi connectivity index (χ3n) is 3.61. The molecule has 2 heterocycles. The highest BCUT2D eigenvalue weighted by molar-refractivity contribution is 5.61. The van der Waals surface area contributed by atoms with E-state index in [1.807, 2.05) is 0 Å². The zero-order chi connectivity index (χ0) is 13.9. The van der Waals surface area contributed by atoms with Crippen molar-refractivity contribution in [3.8, 4) is 11.4 Å². The van der Waals surface area contributed by atoms with Crippen molar-refractivity contribution in [3.63, 3.8) is 0 Å². The molecule has 0 amide bonds. The van der Waals surface area contributed by atoms with E-state index in [1.165, 1.54) is 11.1 Å². The lowest BCUT2D eigenvalue weighted by molar-refractivity contribution is 0.583. The van der Waals surface area contributed by atoms with Crippen molar-refractivity contribution in [1.29, 1.82) is 0 Å². The van der Waals surface area contributed by atoms with Gasteiger partial charge in [0.05, 0.1) is 6.20 Å². The fraction of sp³-hybridized carbons (Fsp3) is 0.400. The Morgan fingerprint density at radius 3 is 2.70 bits per heavy atom. The van der Waals surface area contributed by atoms with Crippen molar-refractivity contribution in [2.45, 2.75) is 13.8 Å². The quantitative estimate of drug-likeness (QED) is 0.896. The first kappa shape index (κ1) is 13.0. The highest BCUT2D eigenvalue weighted by Crippen LogP contribution is 2.22. The van der Waals surface area contributed by atoms with Gasteiger partial charge in [-0.2, -0.15) is 5.10 Å². The van der Waals surface area contributed by atoms with Gasteiger partial charge in [0, 0.05) is 31.7 Å². The number of rotatable bonds is 2. The summed E-state index contributed by atoms with van der Waals surface area (Å²) in [5.41, 5.74) is 3.49. The van der Waals surface area contributed by atoms with Crippen LogP contribution in [0, 0.1) is 13.8 Å². The van der Waals surface area contributed by atoms with Gasteiger partial charge in [-0.3, -0.25) is 0 Å². The van der Waals surface area contributed by atoms with Crippen LogP contribution in [0.5, 0.6) is 0 Å². The van der Waals surface area contributed by atoms with Crippen LogP contribution < -0.4 is 10.2 Å². The van der Waals surface area contributed by atoms with E-state index < -0.39 is 0 Å². The molecule has 20 heavy (non-hydrogen) atoms. The first-order valence-electron chi connectivity index (χ1n) is 6.97. The second-order valence-corrected chi connectivity index (χ2v) is 5.19. The molecule has 0 saturated carbocycles. The van der Waals surface area contributed by atoms with E-state index in [2.05, 4.69) is 57.4 Å². The maximum atomic E-state index is 4.68. The van der Waals surface area contributed by atoms with Crippen molar-refractivity contribution in [2.75, 3.05) is 31.1 Å². The van der Waals surface area contributed by atoms with Crippen molar-refractivity contribution < 1.29 is 0 Å². The van der Waals surface area contributed by atoms with E-state index in [9.17, 15) is 0 Å². The zero-order valence-corrected chi connectivity index (χ0v) is 11.9. The Kier molecular flexibility index (Phi) is 3.60. The van der Waals surface area contributed by atoms with Crippen LogP contribution in [-0.4, -0.2) is 41.4 Å². The van der Waals surface area contributed by atoms with E-state index >= 15 is 0 Å². The third-order valence-corrected chi connectivity index (χ3v) is 3.61. The number of anilines is 1. The molecule has 3 rings (SSSR count). The molecule has 0 aliphatic carbocycles. The highest BCUT2D eigenvalue weighted by Gasteiger charge is 2.14. The summed E-state index contributed by atoms with van der Waals surface area (Å²) in [6, 6.07) is 6.31. The average Bonchev–Trinajstić information content (AvgIpc) is 2.48. The molecule has 1 aromatic carbocycles. The molecule has 2 aromatic rings. The van der Waals surface area contributed by atoms with E-state index in [-0.39, 0.29) is 0 Å². The summed E-state index contributed by atoms with van der Waals surface area (Å²) in [6.45, 7) is 8.08. The van der Waals surface area contributed by atoms with Gasteiger partial charge in [-0.25, -0.2) is 4.98 Å². The molecule has 104 valence electrons. The smallest absolute Gasteiger partial charge is 0.184 e. The van der Waals surface area contributed by atoms with Gasteiger partial charge in [0.2, 0.25) is 0 Å². The van der Waals surface area contributed by atoms with Crippen LogP contribution in [0.1, 0.15) is 11.1 Å². The fourth-order valence-electron chi connectivity index (χ4n) is 2.52. The molecular weight excluding hydrogens is 250 g/mol. The molecule has 0 radical (unpaired) electrons. The number of nitrogens with one attached hydrogen (secondary N) is 1. The number of hydrogen-bond acceptors (Lipinski definition) is 5. The molecule has 1 aromatic heterocycles. The van der Waals surface area contributed by atoms with Gasteiger partial charge >= 0.3 is 0 Å². The van der Waals surface area contributed by atoms with Gasteiger partial charge in [0.25, 0.3) is 0 Å². The second kappa shape index (κ2) is 5.54. The predicted octanol–water partition coefficient (Wildman–Crippen LogP) is 1.57. The standard InChI is InChI=1S/C15H19N5/c1-11-3-4-13(12(2)9-11)15-18-14(10-17-19-15)20-7-5-16-6-8-20/h3-4,9-10,16H,5-8H2,1-2H3. The van der Waals surface area contributed by atoms with Gasteiger partial charge in [-0.1, -0.05) is 23.8 Å². The minimum absolute atomic E-state index is 0.707. The average molecular weight is 269 g/mol. The van der Waals surface area contributed by atoms with Crippen LogP contribution in [0.15, 0.2) is 24.4 Å². The molecule has 0 bridgehead atoms. The monoisotopic (exact) mass is 269 g/mol. The molecule has 5 nitrogen and oxygen atoms in total. The second-order valence-electron chi connectivity index (χ2n) is 5.19. The Balaban J connectivity index is 1.94. The molecule has 0 atom stereocenters. The Labute approximate surface area is 119 Å². The number of aryl methyl sites for hydroxylation is 2. The summed E-state index contributed by atoms with van der Waals surface area (Å²) in [5.74, 6) is 1.62. The molecule has 1 aliphatic rings. The largest absolute Gasteiger partial charge is 0.353 e. The molecule has 0 unspecified atom stereocenters. The summed E-state index contributed by atoms with van der Waals surface area (Å²) in [6.07, 6.45) is 1.75. The molecule has 5 heteroatoms. The zero-order valence-electron chi connectivity index (χ0n) is 11.9. The van der Waals surface area contributed by atoms with Crippen molar-refractivity contribution in [1.82, 2.24) is 20.5 Å². The Morgan fingerprint density at radius 1 is 1.15 bits per heavy atom. The minimum atomic E-state index is 0.707. The molecule has 0 spiro atoms. The lowest BCUT2D eigenvalue weighted by Crippen LogP contribution is -2.44. The highest BCUT2D eigenvalue weighted by atomic mass is 15.3. The number of benzene rings is 1. The number of hydrogen-bond donors (Lipinski definition) is 1. The Morgan fingerprint density at radius 2 is 1.95 bits per heavy atom. The molecular formula is C15H19N5.